The van der Waals surface area contributed by atoms with Gasteiger partial charge in [-0.2, -0.15) is 0 Å². The molecule has 0 unspecified atom stereocenters. The first-order valence-corrected chi connectivity index (χ1v) is 6.78. The average molecular weight is 266 g/mol. The van der Waals surface area contributed by atoms with Crippen LogP contribution >= 0.6 is 0 Å². The number of aromatic nitrogens is 3. The van der Waals surface area contributed by atoms with Crippen LogP contribution in [0.25, 0.3) is 16.9 Å². The number of hydrogen-bond acceptors (Lipinski definition) is 3. The zero-order valence-electron chi connectivity index (χ0n) is 11.8. The van der Waals surface area contributed by atoms with Crippen LogP contribution in [0, 0.1) is 13.8 Å². The van der Waals surface area contributed by atoms with E-state index in [2.05, 4.69) is 42.0 Å². The fourth-order valence-electron chi connectivity index (χ4n) is 2.27. The van der Waals surface area contributed by atoms with E-state index in [0.717, 1.165) is 29.0 Å². The Morgan fingerprint density at radius 1 is 1.15 bits per heavy atom. The first kappa shape index (κ1) is 12.8. The van der Waals surface area contributed by atoms with E-state index >= 15 is 0 Å². The van der Waals surface area contributed by atoms with Crippen molar-refractivity contribution in [1.29, 1.82) is 0 Å². The molecule has 0 atom stereocenters. The van der Waals surface area contributed by atoms with Crippen molar-refractivity contribution in [3.8, 4) is 11.3 Å². The van der Waals surface area contributed by atoms with Crippen molar-refractivity contribution in [3.63, 3.8) is 0 Å². The van der Waals surface area contributed by atoms with Crippen molar-refractivity contribution in [2.75, 3.05) is 6.54 Å². The maximum atomic E-state index is 5.57. The number of nitrogens with zero attached hydrogens (tertiary/aromatic N) is 3. The molecule has 0 aliphatic carbocycles. The molecule has 2 heterocycles. The molecular weight excluding hydrogens is 248 g/mol. The Balaban J connectivity index is 2.05. The Bertz CT molecular complexity index is 758. The third kappa shape index (κ3) is 2.30. The molecule has 0 saturated heterocycles. The van der Waals surface area contributed by atoms with Gasteiger partial charge in [-0.3, -0.25) is 4.40 Å². The molecule has 20 heavy (non-hydrogen) atoms. The van der Waals surface area contributed by atoms with Crippen LogP contribution in [-0.4, -0.2) is 20.9 Å². The van der Waals surface area contributed by atoms with Crippen LogP contribution < -0.4 is 5.73 Å². The molecule has 0 spiro atoms. The van der Waals surface area contributed by atoms with E-state index in [0.29, 0.717) is 6.54 Å². The normalized spacial score (nSPS) is 11.2. The van der Waals surface area contributed by atoms with Crippen LogP contribution in [0.1, 0.15) is 16.8 Å². The van der Waals surface area contributed by atoms with E-state index < -0.39 is 0 Å². The number of hydrogen-bond donors (Lipinski definition) is 1. The number of imidazole rings is 1. The topological polar surface area (TPSA) is 56.2 Å². The molecule has 0 saturated carbocycles. The van der Waals surface area contributed by atoms with Crippen molar-refractivity contribution in [1.82, 2.24) is 14.4 Å². The average Bonchev–Trinajstić information content (AvgIpc) is 2.83. The van der Waals surface area contributed by atoms with Crippen LogP contribution in [0.2, 0.25) is 0 Å². The van der Waals surface area contributed by atoms with E-state index in [1.807, 2.05) is 23.0 Å². The molecule has 0 bridgehead atoms. The summed E-state index contributed by atoms with van der Waals surface area (Å²) in [5.41, 5.74) is 12.1. The summed E-state index contributed by atoms with van der Waals surface area (Å²) >= 11 is 0. The van der Waals surface area contributed by atoms with E-state index in [9.17, 15) is 0 Å². The fraction of sp³-hybridized carbons (Fsp3) is 0.250. The van der Waals surface area contributed by atoms with Gasteiger partial charge in [0.05, 0.1) is 11.4 Å². The van der Waals surface area contributed by atoms with E-state index in [1.165, 1.54) is 11.1 Å². The summed E-state index contributed by atoms with van der Waals surface area (Å²) in [5.74, 6) is 0. The molecule has 0 radical (unpaired) electrons. The van der Waals surface area contributed by atoms with Gasteiger partial charge in [0, 0.05) is 24.2 Å². The van der Waals surface area contributed by atoms with Crippen LogP contribution in [0.15, 0.2) is 36.8 Å². The summed E-state index contributed by atoms with van der Waals surface area (Å²) in [6.07, 6.45) is 4.59. The minimum atomic E-state index is 0.612. The molecule has 3 rings (SSSR count). The molecule has 4 heteroatoms. The minimum absolute atomic E-state index is 0.612. The van der Waals surface area contributed by atoms with Gasteiger partial charge >= 0.3 is 0 Å². The maximum absolute atomic E-state index is 5.57. The third-order valence-corrected chi connectivity index (χ3v) is 3.60. The molecule has 2 N–H and O–H groups in total. The zero-order chi connectivity index (χ0) is 14.1. The summed E-state index contributed by atoms with van der Waals surface area (Å²) in [7, 11) is 0. The summed E-state index contributed by atoms with van der Waals surface area (Å²) in [4.78, 5) is 9.08. The van der Waals surface area contributed by atoms with Crippen molar-refractivity contribution in [2.24, 2.45) is 5.73 Å². The Kier molecular flexibility index (Phi) is 3.24. The SMILES string of the molecule is Cc1ccc(-c2cc3nc(CCN)cn3cn2)cc1C. The zero-order valence-corrected chi connectivity index (χ0v) is 11.8. The number of aryl methyl sites for hydroxylation is 2. The smallest absolute Gasteiger partial charge is 0.140 e. The summed E-state index contributed by atoms with van der Waals surface area (Å²) in [5, 5.41) is 0. The summed E-state index contributed by atoms with van der Waals surface area (Å²) in [6, 6.07) is 8.41. The lowest BCUT2D eigenvalue weighted by Gasteiger charge is -2.05. The predicted octanol–water partition coefficient (Wildman–Crippen LogP) is 2.51. The number of nitrogens with two attached hydrogens (primary N) is 1. The second kappa shape index (κ2) is 5.06. The number of benzene rings is 1. The van der Waals surface area contributed by atoms with E-state index in [-0.39, 0.29) is 0 Å². The highest BCUT2D eigenvalue weighted by Gasteiger charge is 2.05. The lowest BCUT2D eigenvalue weighted by atomic mass is 10.0. The van der Waals surface area contributed by atoms with Gasteiger partial charge in [-0.05, 0) is 37.6 Å². The van der Waals surface area contributed by atoms with Crippen molar-refractivity contribution < 1.29 is 0 Å². The first-order valence-electron chi connectivity index (χ1n) is 6.78. The maximum Gasteiger partial charge on any atom is 0.140 e. The molecule has 1 aromatic carbocycles. The molecule has 4 nitrogen and oxygen atoms in total. The van der Waals surface area contributed by atoms with Gasteiger partial charge in [-0.25, -0.2) is 9.97 Å². The van der Waals surface area contributed by atoms with Crippen LogP contribution in [0.5, 0.6) is 0 Å². The highest BCUT2D eigenvalue weighted by molar-refractivity contribution is 5.64. The number of rotatable bonds is 3. The largest absolute Gasteiger partial charge is 0.330 e. The molecular formula is C16H18N4. The van der Waals surface area contributed by atoms with Crippen molar-refractivity contribution in [3.05, 3.63) is 53.6 Å². The molecule has 102 valence electrons. The predicted molar refractivity (Wildman–Crippen MR) is 80.7 cm³/mol. The quantitative estimate of drug-likeness (QED) is 0.792. The van der Waals surface area contributed by atoms with E-state index in [4.69, 9.17) is 5.73 Å². The van der Waals surface area contributed by atoms with Crippen LogP contribution in [-0.2, 0) is 6.42 Å². The molecule has 0 aliphatic rings. The molecule has 0 aliphatic heterocycles. The highest BCUT2D eigenvalue weighted by atomic mass is 15.0. The molecule has 3 aromatic rings. The minimum Gasteiger partial charge on any atom is -0.330 e. The Morgan fingerprint density at radius 2 is 2.00 bits per heavy atom. The molecule has 0 amide bonds. The van der Waals surface area contributed by atoms with Gasteiger partial charge in [0.15, 0.2) is 0 Å². The summed E-state index contributed by atoms with van der Waals surface area (Å²) < 4.78 is 1.94. The van der Waals surface area contributed by atoms with Gasteiger partial charge < -0.3 is 5.73 Å². The standard InChI is InChI=1S/C16H18N4/c1-11-3-4-13(7-12(11)2)15-8-16-19-14(5-6-17)9-20(16)10-18-15/h3-4,7-10H,5-6,17H2,1-2H3. The Morgan fingerprint density at radius 3 is 2.75 bits per heavy atom. The van der Waals surface area contributed by atoms with Gasteiger partial charge in [-0.1, -0.05) is 12.1 Å². The Labute approximate surface area is 118 Å². The lowest BCUT2D eigenvalue weighted by molar-refractivity contribution is 0.936. The Hall–Kier alpha value is -2.20. The van der Waals surface area contributed by atoms with Gasteiger partial charge in [0.1, 0.15) is 12.0 Å². The van der Waals surface area contributed by atoms with Crippen LogP contribution in [0.4, 0.5) is 0 Å². The first-order chi connectivity index (χ1) is 9.67. The van der Waals surface area contributed by atoms with Gasteiger partial charge in [0.2, 0.25) is 0 Å². The van der Waals surface area contributed by atoms with Gasteiger partial charge in [-0.15, -0.1) is 0 Å². The summed E-state index contributed by atoms with van der Waals surface area (Å²) in [6.45, 7) is 4.84. The van der Waals surface area contributed by atoms with Crippen molar-refractivity contribution in [2.45, 2.75) is 20.3 Å². The van der Waals surface area contributed by atoms with E-state index in [1.54, 1.807) is 0 Å². The molecule has 2 aromatic heterocycles. The number of fused-ring (bicyclic) bond motifs is 1. The second-order valence-corrected chi connectivity index (χ2v) is 5.11. The van der Waals surface area contributed by atoms with Crippen molar-refractivity contribution >= 4 is 5.65 Å². The van der Waals surface area contributed by atoms with Crippen LogP contribution in [0.3, 0.4) is 0 Å². The fourth-order valence-corrected chi connectivity index (χ4v) is 2.27. The lowest BCUT2D eigenvalue weighted by Crippen LogP contribution is -2.02. The second-order valence-electron chi connectivity index (χ2n) is 5.11. The van der Waals surface area contributed by atoms with Gasteiger partial charge in [0.25, 0.3) is 0 Å². The highest BCUT2D eigenvalue weighted by Crippen LogP contribution is 2.21. The molecule has 0 fully saturated rings. The monoisotopic (exact) mass is 266 g/mol. The third-order valence-electron chi connectivity index (χ3n) is 3.60.